The predicted molar refractivity (Wildman–Crippen MR) is 73.4 cm³/mol. The Morgan fingerprint density at radius 3 is 2.88 bits per heavy atom. The Balaban J connectivity index is 2.21. The van der Waals surface area contributed by atoms with Gasteiger partial charge in [0, 0.05) is 18.5 Å². The highest BCUT2D eigenvalue weighted by molar-refractivity contribution is 5.32. The molecule has 0 spiro atoms. The zero-order valence-electron chi connectivity index (χ0n) is 11.0. The molecule has 0 amide bonds. The van der Waals surface area contributed by atoms with Crippen molar-refractivity contribution in [3.63, 3.8) is 0 Å². The van der Waals surface area contributed by atoms with E-state index in [9.17, 15) is 0 Å². The number of piperidine rings is 1. The Morgan fingerprint density at radius 1 is 1.41 bits per heavy atom. The first-order valence-corrected chi connectivity index (χ1v) is 6.65. The number of hydrogen-bond acceptors (Lipinski definition) is 2. The molecule has 1 unspecified atom stereocenters. The van der Waals surface area contributed by atoms with Crippen molar-refractivity contribution in [3.05, 3.63) is 35.4 Å². The molecule has 0 saturated carbocycles. The van der Waals surface area contributed by atoms with Crippen molar-refractivity contribution in [2.75, 3.05) is 19.6 Å². The number of benzene rings is 1. The average Bonchev–Trinajstić information content (AvgIpc) is 2.40. The molecular weight excluding hydrogens is 208 g/mol. The highest BCUT2D eigenvalue weighted by Crippen LogP contribution is 2.28. The Kier molecular flexibility index (Phi) is 3.85. The summed E-state index contributed by atoms with van der Waals surface area (Å²) in [4.78, 5) is 0. The zero-order chi connectivity index (χ0) is 12.3. The second-order valence-electron chi connectivity index (χ2n) is 5.76. The molecular formula is C15H24N2. The van der Waals surface area contributed by atoms with Crippen molar-refractivity contribution in [1.82, 2.24) is 5.32 Å². The molecule has 2 nitrogen and oxygen atoms in total. The highest BCUT2D eigenvalue weighted by atomic mass is 14.9. The van der Waals surface area contributed by atoms with E-state index in [-0.39, 0.29) is 5.41 Å². The second kappa shape index (κ2) is 5.19. The SMILES string of the molecule is CC(C)(CN)c1cccc(C2CCCNC2)c1. The first-order valence-electron chi connectivity index (χ1n) is 6.65. The first-order chi connectivity index (χ1) is 8.13. The lowest BCUT2D eigenvalue weighted by Gasteiger charge is -2.27. The monoisotopic (exact) mass is 232 g/mol. The minimum Gasteiger partial charge on any atom is -0.330 e. The maximum atomic E-state index is 5.85. The van der Waals surface area contributed by atoms with Crippen LogP contribution >= 0.6 is 0 Å². The molecule has 0 aromatic heterocycles. The Bertz CT molecular complexity index is 365. The van der Waals surface area contributed by atoms with Crippen LogP contribution in [0, 0.1) is 0 Å². The number of nitrogens with one attached hydrogen (secondary N) is 1. The summed E-state index contributed by atoms with van der Waals surface area (Å²) in [5, 5.41) is 3.48. The number of rotatable bonds is 3. The summed E-state index contributed by atoms with van der Waals surface area (Å²) in [6.45, 7) is 7.41. The summed E-state index contributed by atoms with van der Waals surface area (Å²) in [7, 11) is 0. The van der Waals surface area contributed by atoms with Crippen LogP contribution in [0.15, 0.2) is 24.3 Å². The molecule has 0 radical (unpaired) electrons. The van der Waals surface area contributed by atoms with Crippen molar-refractivity contribution in [3.8, 4) is 0 Å². The van der Waals surface area contributed by atoms with Gasteiger partial charge in [-0.15, -0.1) is 0 Å². The molecule has 17 heavy (non-hydrogen) atoms. The van der Waals surface area contributed by atoms with E-state index in [1.165, 1.54) is 30.5 Å². The number of nitrogens with two attached hydrogens (primary N) is 1. The van der Waals surface area contributed by atoms with E-state index in [0.717, 1.165) is 6.54 Å². The minimum atomic E-state index is 0.0815. The van der Waals surface area contributed by atoms with Crippen LogP contribution in [0.1, 0.15) is 43.7 Å². The predicted octanol–water partition coefficient (Wildman–Crippen LogP) is 2.39. The van der Waals surface area contributed by atoms with Crippen molar-refractivity contribution in [2.24, 2.45) is 5.73 Å². The lowest BCUT2D eigenvalue weighted by Crippen LogP contribution is -2.30. The molecule has 1 atom stereocenters. The summed E-state index contributed by atoms with van der Waals surface area (Å²) in [6.07, 6.45) is 2.59. The van der Waals surface area contributed by atoms with Gasteiger partial charge >= 0.3 is 0 Å². The minimum absolute atomic E-state index is 0.0815. The van der Waals surface area contributed by atoms with Crippen LogP contribution in [0.5, 0.6) is 0 Å². The van der Waals surface area contributed by atoms with Crippen molar-refractivity contribution >= 4 is 0 Å². The molecule has 94 valence electrons. The summed E-state index contributed by atoms with van der Waals surface area (Å²) >= 11 is 0. The standard InChI is InChI=1S/C15H24N2/c1-15(2,11-16)14-7-3-5-12(9-14)13-6-4-8-17-10-13/h3,5,7,9,13,17H,4,6,8,10-11,16H2,1-2H3. The Labute approximate surface area is 105 Å². The molecule has 1 heterocycles. The topological polar surface area (TPSA) is 38.0 Å². The molecule has 2 heteroatoms. The van der Waals surface area contributed by atoms with Crippen LogP contribution in [0.25, 0.3) is 0 Å². The van der Waals surface area contributed by atoms with Gasteiger partial charge < -0.3 is 11.1 Å². The maximum absolute atomic E-state index is 5.85. The molecule has 0 aliphatic carbocycles. The van der Waals surface area contributed by atoms with Crippen molar-refractivity contribution < 1.29 is 0 Å². The van der Waals surface area contributed by atoms with Gasteiger partial charge in [-0.1, -0.05) is 38.1 Å². The van der Waals surface area contributed by atoms with Gasteiger partial charge in [-0.2, -0.15) is 0 Å². The van der Waals surface area contributed by atoms with Gasteiger partial charge in [0.15, 0.2) is 0 Å². The van der Waals surface area contributed by atoms with Gasteiger partial charge in [0.05, 0.1) is 0 Å². The van der Waals surface area contributed by atoms with Crippen LogP contribution in [0.2, 0.25) is 0 Å². The Hall–Kier alpha value is -0.860. The lowest BCUT2D eigenvalue weighted by atomic mass is 9.82. The van der Waals surface area contributed by atoms with E-state index in [0.29, 0.717) is 12.5 Å². The third-order valence-electron chi connectivity index (χ3n) is 3.95. The fourth-order valence-corrected chi connectivity index (χ4v) is 2.47. The van der Waals surface area contributed by atoms with Gasteiger partial charge in [-0.05, 0) is 36.4 Å². The third kappa shape index (κ3) is 2.88. The zero-order valence-corrected chi connectivity index (χ0v) is 11.0. The van der Waals surface area contributed by atoms with Gasteiger partial charge in [0.1, 0.15) is 0 Å². The van der Waals surface area contributed by atoms with Gasteiger partial charge in [0.2, 0.25) is 0 Å². The van der Waals surface area contributed by atoms with E-state index in [2.05, 4.69) is 43.4 Å². The van der Waals surface area contributed by atoms with Gasteiger partial charge in [-0.3, -0.25) is 0 Å². The Morgan fingerprint density at radius 2 is 2.24 bits per heavy atom. The lowest BCUT2D eigenvalue weighted by molar-refractivity contribution is 0.460. The van der Waals surface area contributed by atoms with Crippen LogP contribution < -0.4 is 11.1 Å². The van der Waals surface area contributed by atoms with E-state index in [4.69, 9.17) is 5.73 Å². The molecule has 2 rings (SSSR count). The summed E-state index contributed by atoms with van der Waals surface area (Å²) in [5.74, 6) is 0.678. The number of hydrogen-bond donors (Lipinski definition) is 2. The molecule has 1 aromatic rings. The van der Waals surface area contributed by atoms with E-state index in [1.54, 1.807) is 0 Å². The van der Waals surface area contributed by atoms with E-state index < -0.39 is 0 Å². The van der Waals surface area contributed by atoms with Crippen LogP contribution in [0.3, 0.4) is 0 Å². The molecule has 1 aromatic carbocycles. The quantitative estimate of drug-likeness (QED) is 0.840. The third-order valence-corrected chi connectivity index (χ3v) is 3.95. The fourth-order valence-electron chi connectivity index (χ4n) is 2.47. The molecule has 3 N–H and O–H groups in total. The molecule has 0 bridgehead atoms. The summed E-state index contributed by atoms with van der Waals surface area (Å²) < 4.78 is 0. The van der Waals surface area contributed by atoms with Crippen LogP contribution in [0.4, 0.5) is 0 Å². The van der Waals surface area contributed by atoms with E-state index in [1.807, 2.05) is 0 Å². The van der Waals surface area contributed by atoms with Gasteiger partial charge in [0.25, 0.3) is 0 Å². The van der Waals surface area contributed by atoms with E-state index >= 15 is 0 Å². The maximum Gasteiger partial charge on any atom is 0.00201 e. The molecule has 1 saturated heterocycles. The van der Waals surface area contributed by atoms with Crippen molar-refractivity contribution in [2.45, 2.75) is 38.0 Å². The normalized spacial score (nSPS) is 21.5. The highest BCUT2D eigenvalue weighted by Gasteiger charge is 2.21. The summed E-state index contributed by atoms with van der Waals surface area (Å²) in [5.41, 5.74) is 8.77. The smallest absolute Gasteiger partial charge is 0.00201 e. The van der Waals surface area contributed by atoms with Crippen LogP contribution in [-0.2, 0) is 5.41 Å². The average molecular weight is 232 g/mol. The first kappa shape index (κ1) is 12.6. The molecule has 1 aliphatic rings. The fraction of sp³-hybridized carbons (Fsp3) is 0.600. The second-order valence-corrected chi connectivity index (χ2v) is 5.76. The van der Waals surface area contributed by atoms with Crippen molar-refractivity contribution in [1.29, 1.82) is 0 Å². The van der Waals surface area contributed by atoms with Crippen LogP contribution in [-0.4, -0.2) is 19.6 Å². The molecule has 1 aliphatic heterocycles. The molecule has 1 fully saturated rings. The summed E-state index contributed by atoms with van der Waals surface area (Å²) in [6, 6.07) is 8.99. The van der Waals surface area contributed by atoms with Gasteiger partial charge in [-0.25, -0.2) is 0 Å². The largest absolute Gasteiger partial charge is 0.330 e.